The number of rotatable bonds is 4. The molecule has 1 N–H and O–H groups in total. The lowest BCUT2D eigenvalue weighted by atomic mass is 10.2. The number of amides is 1. The van der Waals surface area contributed by atoms with Crippen LogP contribution < -0.4 is 5.32 Å². The third-order valence-corrected chi connectivity index (χ3v) is 6.02. The zero-order valence-electron chi connectivity index (χ0n) is 13.0. The van der Waals surface area contributed by atoms with E-state index in [9.17, 15) is 26.4 Å². The van der Waals surface area contributed by atoms with Gasteiger partial charge in [0.25, 0.3) is 5.91 Å². The van der Waals surface area contributed by atoms with Crippen molar-refractivity contribution in [2.45, 2.75) is 4.90 Å². The summed E-state index contributed by atoms with van der Waals surface area (Å²) < 4.78 is 65.4. The molecule has 0 aliphatic heterocycles. The highest BCUT2D eigenvalue weighted by molar-refractivity contribution is 9.10. The molecule has 0 aliphatic carbocycles. The van der Waals surface area contributed by atoms with Crippen LogP contribution in [0.4, 0.5) is 18.9 Å². The van der Waals surface area contributed by atoms with Gasteiger partial charge in [-0.2, -0.15) is 0 Å². The molecule has 0 aliphatic rings. The zero-order chi connectivity index (χ0) is 18.9. The molecular formula is C15H12BrF3N2O3S. The Bertz CT molecular complexity index is 949. The zero-order valence-corrected chi connectivity index (χ0v) is 15.4. The maximum Gasteiger partial charge on any atom is 0.255 e. The van der Waals surface area contributed by atoms with Gasteiger partial charge >= 0.3 is 0 Å². The van der Waals surface area contributed by atoms with Gasteiger partial charge in [-0.05, 0) is 34.1 Å². The van der Waals surface area contributed by atoms with Gasteiger partial charge in [-0.15, -0.1) is 0 Å². The Labute approximate surface area is 150 Å². The minimum absolute atomic E-state index is 0.104. The van der Waals surface area contributed by atoms with E-state index < -0.39 is 39.1 Å². The highest BCUT2D eigenvalue weighted by Crippen LogP contribution is 2.26. The largest absolute Gasteiger partial charge is 0.319 e. The molecule has 0 saturated carbocycles. The maximum absolute atomic E-state index is 13.6. The highest BCUT2D eigenvalue weighted by atomic mass is 79.9. The fraction of sp³-hybridized carbons (Fsp3) is 0.133. The summed E-state index contributed by atoms with van der Waals surface area (Å²) >= 11 is 3.09. The molecule has 0 fully saturated rings. The number of hydrogen-bond donors (Lipinski definition) is 1. The molecule has 25 heavy (non-hydrogen) atoms. The van der Waals surface area contributed by atoms with Crippen LogP contribution >= 0.6 is 15.9 Å². The van der Waals surface area contributed by atoms with Gasteiger partial charge in [0.2, 0.25) is 10.0 Å². The van der Waals surface area contributed by atoms with Crippen molar-refractivity contribution in [3.05, 3.63) is 57.8 Å². The molecule has 0 atom stereocenters. The number of halogens is 4. The molecule has 2 rings (SSSR count). The van der Waals surface area contributed by atoms with Crippen molar-refractivity contribution in [2.75, 3.05) is 19.4 Å². The molecule has 2 aromatic rings. The Kier molecular flexibility index (Phi) is 5.55. The van der Waals surface area contributed by atoms with Gasteiger partial charge in [0.05, 0.1) is 10.6 Å². The fourth-order valence-electron chi connectivity index (χ4n) is 1.85. The number of nitrogens with one attached hydrogen (secondary N) is 1. The van der Waals surface area contributed by atoms with Crippen molar-refractivity contribution in [3.63, 3.8) is 0 Å². The van der Waals surface area contributed by atoms with Crippen LogP contribution in [-0.4, -0.2) is 32.7 Å². The predicted octanol–water partition coefficient (Wildman–Crippen LogP) is 3.37. The number of carbonyl (C=O) groups excluding carboxylic acids is 1. The first-order valence-electron chi connectivity index (χ1n) is 6.72. The van der Waals surface area contributed by atoms with Crippen molar-refractivity contribution < 1.29 is 26.4 Å². The summed E-state index contributed by atoms with van der Waals surface area (Å²) in [6.45, 7) is 0. The molecule has 0 unspecified atom stereocenters. The molecule has 5 nitrogen and oxygen atoms in total. The monoisotopic (exact) mass is 436 g/mol. The van der Waals surface area contributed by atoms with Crippen LogP contribution in [0.15, 0.2) is 39.7 Å². The summed E-state index contributed by atoms with van der Waals surface area (Å²) in [6.07, 6.45) is 0. The van der Waals surface area contributed by atoms with E-state index in [0.29, 0.717) is 12.1 Å². The smallest absolute Gasteiger partial charge is 0.255 e. The number of nitrogens with zero attached hydrogens (tertiary/aromatic N) is 1. The van der Waals surface area contributed by atoms with Crippen LogP contribution in [0, 0.1) is 17.5 Å². The minimum Gasteiger partial charge on any atom is -0.319 e. The lowest BCUT2D eigenvalue weighted by molar-refractivity contribution is 0.102. The van der Waals surface area contributed by atoms with Crippen LogP contribution in [0.5, 0.6) is 0 Å². The van der Waals surface area contributed by atoms with Crippen molar-refractivity contribution in [1.82, 2.24) is 4.31 Å². The van der Waals surface area contributed by atoms with Crippen LogP contribution in [-0.2, 0) is 10.0 Å². The van der Waals surface area contributed by atoms with Gasteiger partial charge in [-0.25, -0.2) is 25.9 Å². The first-order valence-corrected chi connectivity index (χ1v) is 8.95. The topological polar surface area (TPSA) is 66.5 Å². The molecule has 134 valence electrons. The molecule has 10 heteroatoms. The van der Waals surface area contributed by atoms with Gasteiger partial charge in [0.1, 0.15) is 5.82 Å². The molecule has 0 heterocycles. The van der Waals surface area contributed by atoms with Gasteiger partial charge in [-0.1, -0.05) is 0 Å². The number of hydrogen-bond acceptors (Lipinski definition) is 3. The first kappa shape index (κ1) is 19.4. The van der Waals surface area contributed by atoms with Gasteiger partial charge < -0.3 is 5.32 Å². The molecule has 0 radical (unpaired) electrons. The van der Waals surface area contributed by atoms with Crippen molar-refractivity contribution >= 4 is 37.5 Å². The molecule has 0 aromatic heterocycles. The van der Waals surface area contributed by atoms with Crippen LogP contribution in [0.25, 0.3) is 0 Å². The molecule has 1 amide bonds. The van der Waals surface area contributed by atoms with Crippen molar-refractivity contribution in [1.29, 1.82) is 0 Å². The van der Waals surface area contributed by atoms with E-state index in [2.05, 4.69) is 21.2 Å². The van der Waals surface area contributed by atoms with E-state index in [1.807, 2.05) is 0 Å². The summed E-state index contributed by atoms with van der Waals surface area (Å²) in [6, 6.07) is 4.53. The van der Waals surface area contributed by atoms with E-state index in [-0.39, 0.29) is 14.9 Å². The summed E-state index contributed by atoms with van der Waals surface area (Å²) in [5, 5.41) is 2.08. The molecular weight excluding hydrogens is 425 g/mol. The average Bonchev–Trinajstić information content (AvgIpc) is 2.52. The standard InChI is InChI=1S/C15H12BrF3N2O3S/c1-21(2)25(23,24)14-5-8(3-4-9(14)16)15(22)20-13-7-11(18)10(17)6-12(13)19/h3-7H,1-2H3,(H,20,22). The van der Waals surface area contributed by atoms with E-state index in [1.54, 1.807) is 0 Å². The predicted molar refractivity (Wildman–Crippen MR) is 89.3 cm³/mol. The molecule has 0 spiro atoms. The molecule has 0 saturated heterocycles. The second-order valence-electron chi connectivity index (χ2n) is 5.13. The highest BCUT2D eigenvalue weighted by Gasteiger charge is 2.22. The average molecular weight is 437 g/mol. The molecule has 0 bridgehead atoms. The van der Waals surface area contributed by atoms with E-state index in [4.69, 9.17) is 0 Å². The summed E-state index contributed by atoms with van der Waals surface area (Å²) in [4.78, 5) is 12.0. The summed E-state index contributed by atoms with van der Waals surface area (Å²) in [5.74, 6) is -4.76. The second kappa shape index (κ2) is 7.14. The van der Waals surface area contributed by atoms with Gasteiger partial charge in [0.15, 0.2) is 11.6 Å². The maximum atomic E-state index is 13.6. The first-order chi connectivity index (χ1) is 11.5. The number of carbonyl (C=O) groups is 1. The number of sulfonamides is 1. The Hall–Kier alpha value is -1.91. The Morgan fingerprint density at radius 2 is 1.64 bits per heavy atom. The Morgan fingerprint density at radius 3 is 2.24 bits per heavy atom. The van der Waals surface area contributed by atoms with E-state index >= 15 is 0 Å². The van der Waals surface area contributed by atoms with Crippen LogP contribution in [0.3, 0.4) is 0 Å². The van der Waals surface area contributed by atoms with Gasteiger partial charge in [-0.3, -0.25) is 4.79 Å². The van der Waals surface area contributed by atoms with E-state index in [0.717, 1.165) is 10.4 Å². The van der Waals surface area contributed by atoms with E-state index in [1.165, 1.54) is 26.2 Å². The molecule has 2 aromatic carbocycles. The van der Waals surface area contributed by atoms with Crippen LogP contribution in [0.2, 0.25) is 0 Å². The van der Waals surface area contributed by atoms with Crippen LogP contribution in [0.1, 0.15) is 10.4 Å². The van der Waals surface area contributed by atoms with Crippen molar-refractivity contribution in [3.8, 4) is 0 Å². The summed E-state index contributed by atoms with van der Waals surface area (Å²) in [7, 11) is -1.18. The minimum atomic E-state index is -3.83. The lowest BCUT2D eigenvalue weighted by Gasteiger charge is -2.14. The Morgan fingerprint density at radius 1 is 1.04 bits per heavy atom. The summed E-state index contributed by atoms with van der Waals surface area (Å²) in [5.41, 5.74) is -0.670. The second-order valence-corrected chi connectivity index (χ2v) is 8.11. The fourth-order valence-corrected chi connectivity index (χ4v) is 3.70. The number of anilines is 1. The van der Waals surface area contributed by atoms with Crippen molar-refractivity contribution in [2.24, 2.45) is 0 Å². The SMILES string of the molecule is CN(C)S(=O)(=O)c1cc(C(=O)Nc2cc(F)c(F)cc2F)ccc1Br. The normalized spacial score (nSPS) is 11.6. The number of benzene rings is 2. The Balaban J connectivity index is 2.40. The quantitative estimate of drug-likeness (QED) is 0.747. The lowest BCUT2D eigenvalue weighted by Crippen LogP contribution is -2.23. The van der Waals surface area contributed by atoms with Gasteiger partial charge in [0, 0.05) is 36.3 Å². The third-order valence-electron chi connectivity index (χ3n) is 3.21. The third kappa shape index (κ3) is 4.02.